The molecule has 1 atom stereocenters. The molecule has 1 unspecified atom stereocenters. The molecule has 0 aliphatic rings. The van der Waals surface area contributed by atoms with E-state index in [0.717, 1.165) is 0 Å². The summed E-state index contributed by atoms with van der Waals surface area (Å²) in [5.74, 6) is -0.958. The number of nitrogens with one attached hydrogen (secondary N) is 1. The van der Waals surface area contributed by atoms with Gasteiger partial charge in [0.15, 0.2) is 0 Å². The zero-order valence-corrected chi connectivity index (χ0v) is 8.40. The summed E-state index contributed by atoms with van der Waals surface area (Å²) in [6, 6.07) is -0.737. The van der Waals surface area contributed by atoms with Crippen molar-refractivity contribution in [2.45, 2.75) is 25.4 Å². The Labute approximate surface area is 77.2 Å². The van der Waals surface area contributed by atoms with Gasteiger partial charge in [0.2, 0.25) is 0 Å². The molecule has 0 radical (unpaired) electrons. The van der Waals surface area contributed by atoms with Crippen molar-refractivity contribution in [1.29, 1.82) is 0 Å². The first kappa shape index (κ1) is 12.5. The molecule has 0 aliphatic carbocycles. The van der Waals surface area contributed by atoms with Gasteiger partial charge in [-0.05, 0) is 19.9 Å². The second kappa shape index (κ2) is 5.30. The maximum absolute atomic E-state index is 10.3. The Kier molecular flexibility index (Phi) is 5.11. The van der Waals surface area contributed by atoms with Gasteiger partial charge in [0, 0.05) is 6.04 Å². The molecule has 0 saturated carbocycles. The molecule has 0 saturated heterocycles. The number of aliphatic carboxylic acids is 1. The van der Waals surface area contributed by atoms with Crippen LogP contribution in [0.1, 0.15) is 13.3 Å². The molecule has 0 amide bonds. The van der Waals surface area contributed by atoms with Gasteiger partial charge in [-0.2, -0.15) is 0 Å². The first-order valence-corrected chi connectivity index (χ1v) is 6.01. The Morgan fingerprint density at radius 3 is 2.38 bits per heavy atom. The Morgan fingerprint density at radius 1 is 1.46 bits per heavy atom. The molecule has 78 valence electrons. The Morgan fingerprint density at radius 2 is 2.00 bits per heavy atom. The molecule has 0 aromatic carbocycles. The zero-order valence-electron chi connectivity index (χ0n) is 7.40. The second-order valence-electron chi connectivity index (χ2n) is 2.89. The van der Waals surface area contributed by atoms with Gasteiger partial charge in [-0.3, -0.25) is 4.79 Å². The normalized spacial score (nSPS) is 14.2. The van der Waals surface area contributed by atoms with Crippen molar-refractivity contribution in [3.63, 3.8) is 0 Å². The Hall–Kier alpha value is -0.473. The van der Waals surface area contributed by atoms with Crippen LogP contribution in [0.2, 0.25) is 6.04 Å². The van der Waals surface area contributed by atoms with E-state index in [-0.39, 0.29) is 6.04 Å². The zero-order chi connectivity index (χ0) is 10.5. The van der Waals surface area contributed by atoms with Crippen LogP contribution in [0.3, 0.4) is 0 Å². The number of carboxylic acids is 1. The van der Waals surface area contributed by atoms with E-state index in [1.807, 2.05) is 0 Å². The predicted octanol–water partition coefficient (Wildman–Crippen LogP) is -1.64. The van der Waals surface area contributed by atoms with Crippen molar-refractivity contribution >= 4 is 14.8 Å². The highest BCUT2D eigenvalue weighted by molar-refractivity contribution is 6.56. The lowest BCUT2D eigenvalue weighted by Gasteiger charge is -2.11. The topological polar surface area (TPSA) is 110 Å². The minimum atomic E-state index is -3.94. The molecular formula is C6H15NO5Si. The third-order valence-corrected chi connectivity index (χ3v) is 2.53. The van der Waals surface area contributed by atoms with Crippen molar-refractivity contribution in [2.24, 2.45) is 0 Å². The van der Waals surface area contributed by atoms with Crippen LogP contribution in [0.4, 0.5) is 0 Å². The lowest BCUT2D eigenvalue weighted by atomic mass is 10.3. The third-order valence-electron chi connectivity index (χ3n) is 1.51. The monoisotopic (exact) mass is 209 g/mol. The van der Waals surface area contributed by atoms with Crippen molar-refractivity contribution in [2.75, 3.05) is 6.54 Å². The smallest absolute Gasteiger partial charge is 0.480 e. The van der Waals surface area contributed by atoms with E-state index in [2.05, 4.69) is 5.32 Å². The summed E-state index contributed by atoms with van der Waals surface area (Å²) in [5, 5.41) is 11.1. The highest BCUT2D eigenvalue weighted by atomic mass is 28.4. The quantitative estimate of drug-likeness (QED) is 0.265. The number of hydrogen-bond acceptors (Lipinski definition) is 5. The van der Waals surface area contributed by atoms with Gasteiger partial charge in [0.25, 0.3) is 0 Å². The van der Waals surface area contributed by atoms with Gasteiger partial charge in [0.05, 0.1) is 0 Å². The molecule has 0 aromatic heterocycles. The van der Waals surface area contributed by atoms with E-state index in [1.54, 1.807) is 0 Å². The summed E-state index contributed by atoms with van der Waals surface area (Å²) in [5.41, 5.74) is 0. The van der Waals surface area contributed by atoms with Gasteiger partial charge in [-0.15, -0.1) is 0 Å². The van der Waals surface area contributed by atoms with E-state index >= 15 is 0 Å². The number of carbonyl (C=O) groups is 1. The van der Waals surface area contributed by atoms with E-state index in [4.69, 9.17) is 19.5 Å². The third kappa shape index (κ3) is 7.87. The van der Waals surface area contributed by atoms with Crippen LogP contribution in [0.15, 0.2) is 0 Å². The molecule has 0 bridgehead atoms. The molecule has 13 heavy (non-hydrogen) atoms. The predicted molar refractivity (Wildman–Crippen MR) is 46.9 cm³/mol. The largest absolute Gasteiger partial charge is 0.492 e. The average molecular weight is 209 g/mol. The fraction of sp³-hybridized carbons (Fsp3) is 0.833. The number of hydrogen-bond donors (Lipinski definition) is 5. The van der Waals surface area contributed by atoms with Crippen molar-refractivity contribution in [3.05, 3.63) is 0 Å². The Balaban J connectivity index is 3.41. The summed E-state index contributed by atoms with van der Waals surface area (Å²) in [7, 11) is -3.94. The van der Waals surface area contributed by atoms with E-state index in [0.29, 0.717) is 13.0 Å². The summed E-state index contributed by atoms with van der Waals surface area (Å²) in [6.45, 7) is 1.83. The molecule has 0 rings (SSSR count). The van der Waals surface area contributed by atoms with Crippen LogP contribution in [0.25, 0.3) is 0 Å². The average Bonchev–Trinajstić information content (AvgIpc) is 1.95. The van der Waals surface area contributed by atoms with Crippen LogP contribution in [-0.2, 0) is 4.79 Å². The van der Waals surface area contributed by atoms with Gasteiger partial charge >= 0.3 is 14.8 Å². The summed E-state index contributed by atoms with van der Waals surface area (Å²) >= 11 is 0. The minimum Gasteiger partial charge on any atom is -0.480 e. The van der Waals surface area contributed by atoms with E-state index < -0.39 is 20.8 Å². The van der Waals surface area contributed by atoms with Gasteiger partial charge < -0.3 is 24.8 Å². The molecule has 6 nitrogen and oxygen atoms in total. The standard InChI is InChI=1S/C6H15NO5Si/c1-5(6(8)9)7-3-2-4-13(10,11)12/h5,7,10-12H,2-4H2,1H3,(H,8,9). The minimum absolute atomic E-state index is 0.0770. The van der Waals surface area contributed by atoms with Crippen LogP contribution in [0.5, 0.6) is 0 Å². The molecule has 7 heteroatoms. The van der Waals surface area contributed by atoms with Crippen molar-refractivity contribution in [1.82, 2.24) is 5.32 Å². The van der Waals surface area contributed by atoms with Crippen molar-refractivity contribution < 1.29 is 24.3 Å². The lowest BCUT2D eigenvalue weighted by molar-refractivity contribution is -0.138. The molecular weight excluding hydrogens is 194 g/mol. The highest BCUT2D eigenvalue weighted by Gasteiger charge is 2.25. The molecule has 5 N–H and O–H groups in total. The first-order valence-electron chi connectivity index (χ1n) is 3.96. The lowest BCUT2D eigenvalue weighted by Crippen LogP contribution is -2.38. The van der Waals surface area contributed by atoms with Gasteiger partial charge in [0.1, 0.15) is 6.04 Å². The van der Waals surface area contributed by atoms with Crippen LogP contribution in [-0.4, -0.2) is 46.9 Å². The number of rotatable bonds is 6. The number of carboxylic acid groups (broad SMARTS) is 1. The molecule has 0 heterocycles. The fourth-order valence-electron chi connectivity index (χ4n) is 0.731. The first-order chi connectivity index (χ1) is 5.83. The van der Waals surface area contributed by atoms with Gasteiger partial charge in [-0.25, -0.2) is 0 Å². The maximum atomic E-state index is 10.3. The Bertz CT molecular complexity index is 169. The highest BCUT2D eigenvalue weighted by Crippen LogP contribution is 1.99. The van der Waals surface area contributed by atoms with Crippen LogP contribution < -0.4 is 5.32 Å². The van der Waals surface area contributed by atoms with Crippen LogP contribution >= 0.6 is 0 Å². The maximum Gasteiger partial charge on any atom is 0.492 e. The summed E-state index contributed by atoms with van der Waals surface area (Å²) in [6.07, 6.45) is 0.341. The molecule has 0 spiro atoms. The molecule has 0 aliphatic heterocycles. The fourth-order valence-corrected chi connectivity index (χ4v) is 1.38. The summed E-state index contributed by atoms with van der Waals surface area (Å²) < 4.78 is 0. The van der Waals surface area contributed by atoms with E-state index in [1.165, 1.54) is 6.92 Å². The molecule has 0 aromatic rings. The molecule has 0 fully saturated rings. The van der Waals surface area contributed by atoms with Gasteiger partial charge in [-0.1, -0.05) is 0 Å². The second-order valence-corrected chi connectivity index (χ2v) is 4.94. The summed E-state index contributed by atoms with van der Waals surface area (Å²) in [4.78, 5) is 36.1. The van der Waals surface area contributed by atoms with Crippen LogP contribution in [0, 0.1) is 0 Å². The van der Waals surface area contributed by atoms with Crippen molar-refractivity contribution in [3.8, 4) is 0 Å². The SMILES string of the molecule is CC(NCCC[Si](O)(O)O)C(=O)O. The van der Waals surface area contributed by atoms with E-state index in [9.17, 15) is 4.79 Å².